The Hall–Kier alpha value is -2.65. The molecule has 3 aromatic carbocycles. The summed E-state index contributed by atoms with van der Waals surface area (Å²) in [5.74, 6) is 0. The molecule has 5 rings (SSSR count). The molecule has 5 aromatic rings. The highest BCUT2D eigenvalue weighted by Gasteiger charge is 2.46. The summed E-state index contributed by atoms with van der Waals surface area (Å²) < 4.78 is 0. The second kappa shape index (κ2) is 9.46. The molecule has 0 spiro atoms. The molecule has 0 N–H and O–H groups in total. The topological polar surface area (TPSA) is 25.8 Å². The third kappa shape index (κ3) is 4.06. The van der Waals surface area contributed by atoms with Gasteiger partial charge in [-0.2, -0.15) is 0 Å². The van der Waals surface area contributed by atoms with Crippen LogP contribution in [0.25, 0.3) is 10.7 Å². The number of hydrogen-bond donors (Lipinski definition) is 0. The van der Waals surface area contributed by atoms with E-state index in [4.69, 9.17) is 9.97 Å². The first kappa shape index (κ1) is 21.2. The predicted octanol–water partition coefficient (Wildman–Crippen LogP) is 6.32. The maximum absolute atomic E-state index is 5.08. The number of nitrogens with zero attached hydrogens (tertiary/aromatic N) is 2. The molecule has 2 aromatic heterocycles. The van der Waals surface area contributed by atoms with Crippen LogP contribution in [0.1, 0.15) is 17.6 Å². The minimum atomic E-state index is -1.93. The molecule has 0 aliphatic heterocycles. The van der Waals surface area contributed by atoms with Crippen LogP contribution < -0.4 is 15.9 Å². The molecule has 0 aliphatic carbocycles. The van der Waals surface area contributed by atoms with Crippen molar-refractivity contribution in [2.45, 2.75) is 19.5 Å². The quantitative estimate of drug-likeness (QED) is 0.260. The Kier molecular flexibility index (Phi) is 6.27. The first-order valence-electron chi connectivity index (χ1n) is 10.7. The van der Waals surface area contributed by atoms with E-state index in [0.29, 0.717) is 0 Å². The van der Waals surface area contributed by atoms with E-state index in [1.807, 2.05) is 0 Å². The molecule has 0 saturated heterocycles. The number of aromatic nitrogens is 2. The summed E-state index contributed by atoms with van der Waals surface area (Å²) in [4.78, 5) is 9.84. The van der Waals surface area contributed by atoms with Gasteiger partial charge in [0.25, 0.3) is 0 Å². The molecule has 0 atom stereocenters. The zero-order valence-corrected chi connectivity index (χ0v) is 20.4. The molecule has 2 heterocycles. The van der Waals surface area contributed by atoms with Crippen LogP contribution in [-0.4, -0.2) is 9.97 Å². The van der Waals surface area contributed by atoms with E-state index in [-0.39, 0.29) is 0 Å². The first-order chi connectivity index (χ1) is 15.8. The number of thiazole rings is 2. The summed E-state index contributed by atoms with van der Waals surface area (Å²) >= 11 is 3.42. The zero-order valence-electron chi connectivity index (χ0n) is 17.9. The highest BCUT2D eigenvalue weighted by atomic mass is 32.1. The van der Waals surface area contributed by atoms with E-state index < -0.39 is 7.26 Å². The van der Waals surface area contributed by atoms with Crippen LogP contribution in [-0.2, 0) is 12.6 Å². The lowest BCUT2D eigenvalue weighted by molar-refractivity contribution is 1.09. The fourth-order valence-electron chi connectivity index (χ4n) is 4.08. The van der Waals surface area contributed by atoms with E-state index in [1.54, 1.807) is 22.7 Å². The van der Waals surface area contributed by atoms with Crippen molar-refractivity contribution in [3.63, 3.8) is 0 Å². The Morgan fingerprint density at radius 3 is 1.66 bits per heavy atom. The second-order valence-corrected chi connectivity index (χ2v) is 12.9. The van der Waals surface area contributed by atoms with Crippen molar-refractivity contribution in [2.24, 2.45) is 0 Å². The molecule has 2 nitrogen and oxygen atoms in total. The minimum Gasteiger partial charge on any atom is -0.239 e. The molecule has 158 valence electrons. The van der Waals surface area contributed by atoms with Crippen LogP contribution in [0.3, 0.4) is 0 Å². The van der Waals surface area contributed by atoms with Crippen molar-refractivity contribution < 1.29 is 0 Å². The van der Waals surface area contributed by atoms with Crippen LogP contribution in [0, 0.1) is 0 Å². The van der Waals surface area contributed by atoms with Crippen molar-refractivity contribution >= 4 is 45.8 Å². The van der Waals surface area contributed by atoms with Gasteiger partial charge in [0.2, 0.25) is 0 Å². The average molecular weight is 472 g/mol. The van der Waals surface area contributed by atoms with Crippen LogP contribution >= 0.6 is 29.9 Å². The van der Waals surface area contributed by atoms with Crippen molar-refractivity contribution in [3.05, 3.63) is 112 Å². The summed E-state index contributed by atoms with van der Waals surface area (Å²) in [5, 5.41) is 10.7. The number of aryl methyl sites for hydroxylation is 1. The van der Waals surface area contributed by atoms with E-state index >= 15 is 0 Å². The summed E-state index contributed by atoms with van der Waals surface area (Å²) in [6, 6.07) is 33.0. The summed E-state index contributed by atoms with van der Waals surface area (Å²) in [5.41, 5.74) is 2.15. The van der Waals surface area contributed by atoms with Crippen LogP contribution in [0.2, 0.25) is 0 Å². The lowest BCUT2D eigenvalue weighted by atomic mass is 10.4. The maximum Gasteiger partial charge on any atom is 0.143 e. The van der Waals surface area contributed by atoms with E-state index in [1.165, 1.54) is 15.9 Å². The Morgan fingerprint density at radius 1 is 0.656 bits per heavy atom. The third-order valence-electron chi connectivity index (χ3n) is 5.62. The van der Waals surface area contributed by atoms with Gasteiger partial charge in [-0.3, -0.25) is 0 Å². The number of benzene rings is 3. The SMILES string of the molecule is CCc1nc(-c2nc(C[P+](c3ccccc3)(c3ccccc3)c3ccccc3)cs2)cs1. The van der Waals surface area contributed by atoms with Crippen molar-refractivity contribution in [3.8, 4) is 10.7 Å². The van der Waals surface area contributed by atoms with E-state index in [0.717, 1.165) is 34.0 Å². The molecule has 0 amide bonds. The molecule has 0 fully saturated rings. The Bertz CT molecular complexity index is 1180. The van der Waals surface area contributed by atoms with Crippen molar-refractivity contribution in [1.29, 1.82) is 0 Å². The van der Waals surface area contributed by atoms with Gasteiger partial charge in [0.05, 0.1) is 10.7 Å². The zero-order chi connectivity index (χ0) is 21.8. The standard InChI is InChI=1S/C27H24N2PS2/c1-2-26-29-25(20-31-26)27-28-21(19-32-27)18-30(22-12-6-3-7-13-22,23-14-8-4-9-15-23)24-16-10-5-11-17-24/h3-17,19-20H,2,18H2,1H3/q+1. The smallest absolute Gasteiger partial charge is 0.143 e. The normalized spacial score (nSPS) is 11.5. The fraction of sp³-hybridized carbons (Fsp3) is 0.111. The molecule has 0 aliphatic rings. The van der Waals surface area contributed by atoms with Crippen LogP contribution in [0.15, 0.2) is 102 Å². The van der Waals surface area contributed by atoms with Gasteiger partial charge < -0.3 is 0 Å². The van der Waals surface area contributed by atoms with Gasteiger partial charge in [-0.25, -0.2) is 9.97 Å². The van der Waals surface area contributed by atoms with Gasteiger partial charge in [-0.05, 0) is 42.8 Å². The maximum atomic E-state index is 5.08. The Balaban J connectivity index is 1.65. The summed E-state index contributed by atoms with van der Waals surface area (Å²) in [6.07, 6.45) is 1.86. The summed E-state index contributed by atoms with van der Waals surface area (Å²) in [7, 11) is -1.93. The van der Waals surface area contributed by atoms with Crippen LogP contribution in [0.5, 0.6) is 0 Å². The van der Waals surface area contributed by atoms with Gasteiger partial charge in [-0.1, -0.05) is 61.5 Å². The van der Waals surface area contributed by atoms with Crippen molar-refractivity contribution in [1.82, 2.24) is 9.97 Å². The second-order valence-electron chi connectivity index (χ2n) is 7.60. The van der Waals surface area contributed by atoms with E-state index in [2.05, 4.69) is 109 Å². The van der Waals surface area contributed by atoms with E-state index in [9.17, 15) is 0 Å². The van der Waals surface area contributed by atoms with Gasteiger partial charge in [0.15, 0.2) is 0 Å². The molecular weight excluding hydrogens is 447 g/mol. The third-order valence-corrected chi connectivity index (χ3v) is 11.9. The largest absolute Gasteiger partial charge is 0.239 e. The lowest BCUT2D eigenvalue weighted by Gasteiger charge is -2.27. The summed E-state index contributed by atoms with van der Waals surface area (Å²) in [6.45, 7) is 2.15. The van der Waals surface area contributed by atoms with Gasteiger partial charge >= 0.3 is 0 Å². The number of rotatable bonds is 7. The lowest BCUT2D eigenvalue weighted by Crippen LogP contribution is -2.32. The molecule has 0 radical (unpaired) electrons. The Morgan fingerprint density at radius 2 is 1.19 bits per heavy atom. The minimum absolute atomic E-state index is 0.895. The first-order valence-corrected chi connectivity index (χ1v) is 14.5. The monoisotopic (exact) mass is 471 g/mol. The highest BCUT2D eigenvalue weighted by molar-refractivity contribution is 7.95. The van der Waals surface area contributed by atoms with Gasteiger partial charge in [0.1, 0.15) is 40.0 Å². The molecule has 0 unspecified atom stereocenters. The van der Waals surface area contributed by atoms with Gasteiger partial charge in [0, 0.05) is 10.8 Å². The van der Waals surface area contributed by atoms with Crippen molar-refractivity contribution in [2.75, 3.05) is 0 Å². The molecule has 0 bridgehead atoms. The molecule has 0 saturated carbocycles. The van der Waals surface area contributed by atoms with Crippen LogP contribution in [0.4, 0.5) is 0 Å². The fourth-order valence-corrected chi connectivity index (χ4v) is 9.92. The Labute approximate surface area is 198 Å². The highest BCUT2D eigenvalue weighted by Crippen LogP contribution is 2.58. The van der Waals surface area contributed by atoms with Gasteiger partial charge in [-0.15, -0.1) is 22.7 Å². The molecule has 32 heavy (non-hydrogen) atoms. The predicted molar refractivity (Wildman–Crippen MR) is 141 cm³/mol. The average Bonchev–Trinajstić information content (AvgIpc) is 3.54. The number of hydrogen-bond acceptors (Lipinski definition) is 4. The molecular formula is C27H24N2PS2+. The molecule has 5 heteroatoms.